The molecule has 41 heavy (non-hydrogen) atoms. The number of carbonyl (C=O) groups is 1. The van der Waals surface area contributed by atoms with Crippen molar-refractivity contribution >= 4 is 40.9 Å². The summed E-state index contributed by atoms with van der Waals surface area (Å²) >= 11 is 6.41. The Balaban J connectivity index is 1.28. The number of rotatable bonds is 9. The van der Waals surface area contributed by atoms with Crippen LogP contribution in [0.3, 0.4) is 0 Å². The molecule has 1 aliphatic heterocycles. The van der Waals surface area contributed by atoms with E-state index in [-0.39, 0.29) is 22.4 Å². The van der Waals surface area contributed by atoms with E-state index in [9.17, 15) is 18.0 Å². The van der Waals surface area contributed by atoms with E-state index < -0.39 is 11.7 Å². The standard InChI is InChI=1S/C28H25ClF3N7O2/c29-23-15-20(5-6-24(23)41-21-4-1-3-19(14-21)28(30,31)32)38-26-22-13-18(7-9-34-25(22)36-16-37-26)27(40)35-8-2-11-39-12-10-33-17-39/h1,3-6,10,12-17H,2,7-9,11H2,(H,35,40)(H2,34,36,37,38)/p+1. The fourth-order valence-corrected chi connectivity index (χ4v) is 4.48. The summed E-state index contributed by atoms with van der Waals surface area (Å²) < 4.78 is 46.7. The average molecular weight is 585 g/mol. The highest BCUT2D eigenvalue weighted by Gasteiger charge is 2.30. The number of imidazole rings is 1. The van der Waals surface area contributed by atoms with E-state index in [1.807, 2.05) is 16.1 Å². The monoisotopic (exact) mass is 584 g/mol. The predicted molar refractivity (Wildman–Crippen MR) is 147 cm³/mol. The molecule has 9 nitrogen and oxygen atoms in total. The van der Waals surface area contributed by atoms with Gasteiger partial charge in [0.25, 0.3) is 0 Å². The summed E-state index contributed by atoms with van der Waals surface area (Å²) in [6.07, 6.45) is 5.38. The molecule has 0 saturated heterocycles. The van der Waals surface area contributed by atoms with Crippen molar-refractivity contribution in [2.45, 2.75) is 25.6 Å². The Morgan fingerprint density at radius 3 is 2.83 bits per heavy atom. The van der Waals surface area contributed by atoms with Crippen molar-refractivity contribution in [2.75, 3.05) is 18.4 Å². The number of amides is 1. The molecule has 0 atom stereocenters. The summed E-state index contributed by atoms with van der Waals surface area (Å²) in [4.78, 5) is 25.7. The summed E-state index contributed by atoms with van der Waals surface area (Å²) in [6, 6.07) is 9.37. The van der Waals surface area contributed by atoms with Gasteiger partial charge in [-0.2, -0.15) is 18.2 Å². The second-order valence-electron chi connectivity index (χ2n) is 9.24. The Labute approximate surface area is 238 Å². The second kappa shape index (κ2) is 12.4. The van der Waals surface area contributed by atoms with Gasteiger partial charge in [0.15, 0.2) is 0 Å². The number of fused-ring (bicyclic) bond motifs is 1. The lowest BCUT2D eigenvalue weighted by molar-refractivity contribution is -0.574. The van der Waals surface area contributed by atoms with E-state index in [4.69, 9.17) is 16.3 Å². The molecule has 4 N–H and O–H groups in total. The van der Waals surface area contributed by atoms with Gasteiger partial charge in [-0.25, -0.2) is 9.97 Å². The molecule has 2 aromatic heterocycles. The molecule has 0 bridgehead atoms. The van der Waals surface area contributed by atoms with Crippen molar-refractivity contribution in [2.24, 2.45) is 0 Å². The fourth-order valence-electron chi connectivity index (χ4n) is 4.26. The molecule has 0 fully saturated rings. The van der Waals surface area contributed by atoms with Crippen LogP contribution in [0, 0.1) is 0 Å². The summed E-state index contributed by atoms with van der Waals surface area (Å²) in [7, 11) is 0. The summed E-state index contributed by atoms with van der Waals surface area (Å²) in [5.41, 5.74) is 1.02. The van der Waals surface area contributed by atoms with E-state index in [0.29, 0.717) is 48.0 Å². The van der Waals surface area contributed by atoms with Crippen LogP contribution in [-0.4, -0.2) is 38.5 Å². The number of carbonyl (C=O) groups excluding carboxylic acids is 1. The average Bonchev–Trinajstić information content (AvgIpc) is 3.36. The Kier molecular flexibility index (Phi) is 8.50. The third-order valence-electron chi connectivity index (χ3n) is 6.30. The lowest BCUT2D eigenvalue weighted by Gasteiger charge is -2.13. The fraction of sp³-hybridized carbons (Fsp3) is 0.214. The number of nitrogens with one attached hydrogen (secondary N) is 2. The number of aryl methyl sites for hydroxylation is 1. The van der Waals surface area contributed by atoms with Crippen molar-refractivity contribution < 1.29 is 28.0 Å². The molecule has 0 radical (unpaired) electrons. The second-order valence-corrected chi connectivity index (χ2v) is 9.65. The van der Waals surface area contributed by atoms with Crippen LogP contribution in [0.1, 0.15) is 24.0 Å². The van der Waals surface area contributed by atoms with Crippen molar-refractivity contribution in [1.82, 2.24) is 24.8 Å². The molecule has 212 valence electrons. The number of hydrogen-bond donors (Lipinski definition) is 3. The Morgan fingerprint density at radius 1 is 1.17 bits per heavy atom. The predicted octanol–water partition coefficient (Wildman–Crippen LogP) is 5.07. The van der Waals surface area contributed by atoms with Crippen LogP contribution in [0.4, 0.5) is 30.5 Å². The van der Waals surface area contributed by atoms with Crippen molar-refractivity contribution in [3.05, 3.63) is 89.2 Å². The van der Waals surface area contributed by atoms with Crippen LogP contribution >= 0.6 is 11.6 Å². The number of aromatic nitrogens is 4. The number of halogens is 4. The zero-order chi connectivity index (χ0) is 28.8. The number of nitrogens with two attached hydrogens (primary N) is 1. The zero-order valence-electron chi connectivity index (χ0n) is 21.7. The number of ether oxygens (including phenoxy) is 1. The number of nitrogens with zero attached hydrogens (tertiary/aromatic N) is 4. The molecule has 1 amide bonds. The van der Waals surface area contributed by atoms with Crippen LogP contribution in [-0.2, 0) is 17.5 Å². The first-order chi connectivity index (χ1) is 19.8. The maximum Gasteiger partial charge on any atom is 0.416 e. The number of quaternary nitrogens is 1. The number of alkyl halides is 3. The van der Waals surface area contributed by atoms with Gasteiger partial charge >= 0.3 is 6.18 Å². The van der Waals surface area contributed by atoms with Gasteiger partial charge in [-0.15, -0.1) is 0 Å². The topological polar surface area (TPSA) is 111 Å². The highest BCUT2D eigenvalue weighted by atomic mass is 35.5. The molecular weight excluding hydrogens is 559 g/mol. The SMILES string of the molecule is O=C(NCCCn1ccnc1)C1=Cc2c(Nc3ccc(Oc4cccc(C(F)(F)F)c4)c(Cl)c3)ncnc2[NH2+]CC1. The van der Waals surface area contributed by atoms with Gasteiger partial charge in [0, 0.05) is 43.2 Å². The normalized spacial score (nSPS) is 13.1. The van der Waals surface area contributed by atoms with Gasteiger partial charge in [0.2, 0.25) is 11.7 Å². The Hall–Kier alpha value is -4.42. The minimum absolute atomic E-state index is 0.0109. The molecule has 0 saturated carbocycles. The van der Waals surface area contributed by atoms with Crippen molar-refractivity contribution in [3.63, 3.8) is 0 Å². The maximum absolute atomic E-state index is 13.0. The van der Waals surface area contributed by atoms with Crippen LogP contribution in [0.25, 0.3) is 6.08 Å². The van der Waals surface area contributed by atoms with E-state index in [1.54, 1.807) is 36.8 Å². The van der Waals surface area contributed by atoms with Crippen LogP contribution in [0.2, 0.25) is 5.02 Å². The van der Waals surface area contributed by atoms with Gasteiger partial charge in [-0.1, -0.05) is 17.7 Å². The van der Waals surface area contributed by atoms with E-state index in [2.05, 4.69) is 25.6 Å². The van der Waals surface area contributed by atoms with Crippen LogP contribution in [0.15, 0.2) is 73.1 Å². The van der Waals surface area contributed by atoms with Crippen molar-refractivity contribution in [1.29, 1.82) is 0 Å². The van der Waals surface area contributed by atoms with Gasteiger partial charge in [0.1, 0.15) is 23.6 Å². The molecule has 0 spiro atoms. The molecule has 13 heteroatoms. The Bertz CT molecular complexity index is 1560. The van der Waals surface area contributed by atoms with E-state index >= 15 is 0 Å². The molecule has 2 aromatic carbocycles. The molecular formula is C28H26ClF3N7O2+. The largest absolute Gasteiger partial charge is 0.456 e. The van der Waals surface area contributed by atoms with Gasteiger partial charge < -0.3 is 19.9 Å². The maximum atomic E-state index is 13.0. The lowest BCUT2D eigenvalue weighted by atomic mass is 10.1. The first-order valence-electron chi connectivity index (χ1n) is 12.8. The van der Waals surface area contributed by atoms with Gasteiger partial charge in [0.05, 0.1) is 29.0 Å². The number of anilines is 2. The minimum atomic E-state index is -4.49. The smallest absolute Gasteiger partial charge is 0.416 e. The Morgan fingerprint density at radius 2 is 2.05 bits per heavy atom. The molecule has 0 aliphatic carbocycles. The van der Waals surface area contributed by atoms with Crippen LogP contribution in [0.5, 0.6) is 11.5 Å². The van der Waals surface area contributed by atoms with Crippen LogP contribution < -0.4 is 20.7 Å². The van der Waals surface area contributed by atoms with Gasteiger partial charge in [-0.3, -0.25) is 10.1 Å². The quantitative estimate of drug-likeness (QED) is 0.237. The molecule has 0 unspecified atom stereocenters. The third kappa shape index (κ3) is 7.21. The van der Waals surface area contributed by atoms with Gasteiger partial charge in [-0.05, 0) is 48.9 Å². The first kappa shape index (κ1) is 28.1. The first-order valence-corrected chi connectivity index (χ1v) is 13.2. The molecule has 5 rings (SSSR count). The zero-order valence-corrected chi connectivity index (χ0v) is 22.4. The number of benzene rings is 2. The third-order valence-corrected chi connectivity index (χ3v) is 6.59. The molecule has 3 heterocycles. The summed E-state index contributed by atoms with van der Waals surface area (Å²) in [5, 5.41) is 8.32. The lowest BCUT2D eigenvalue weighted by Crippen LogP contribution is -2.78. The molecule has 4 aromatic rings. The summed E-state index contributed by atoms with van der Waals surface area (Å²) in [5.74, 6) is 1.23. The van der Waals surface area contributed by atoms with E-state index in [0.717, 1.165) is 25.1 Å². The molecule has 1 aliphatic rings. The number of hydrogen-bond acceptors (Lipinski definition) is 6. The van der Waals surface area contributed by atoms with Crippen molar-refractivity contribution in [3.8, 4) is 11.5 Å². The summed E-state index contributed by atoms with van der Waals surface area (Å²) in [6.45, 7) is 1.92. The highest BCUT2D eigenvalue weighted by Crippen LogP contribution is 2.36. The minimum Gasteiger partial charge on any atom is -0.456 e. The highest BCUT2D eigenvalue weighted by molar-refractivity contribution is 6.32. The van der Waals surface area contributed by atoms with E-state index in [1.165, 1.54) is 18.5 Å².